The molecule has 1 saturated heterocycles. The van der Waals surface area contributed by atoms with Crippen LogP contribution in [0.25, 0.3) is 0 Å². The standard InChI is InChI=1S/C15H18FNO6S/c1-2-23-15(20)11-7-12(16)9-13(8-11)24(21,22)17-5-3-10(4-6-17)14(18)19/h7-10H,2-6H2,1H3,(H,18,19). The molecule has 0 aliphatic carbocycles. The SMILES string of the molecule is CCOC(=O)c1cc(F)cc(S(=O)(=O)N2CCC(C(=O)O)CC2)c1. The van der Waals surface area contributed by atoms with Crippen molar-refractivity contribution in [3.63, 3.8) is 0 Å². The molecule has 0 aromatic heterocycles. The molecule has 1 heterocycles. The number of piperidine rings is 1. The van der Waals surface area contributed by atoms with E-state index in [4.69, 9.17) is 9.84 Å². The molecule has 1 aliphatic rings. The van der Waals surface area contributed by atoms with Gasteiger partial charge < -0.3 is 9.84 Å². The lowest BCUT2D eigenvalue weighted by molar-refractivity contribution is -0.142. The van der Waals surface area contributed by atoms with Gasteiger partial charge in [-0.1, -0.05) is 0 Å². The third kappa shape index (κ3) is 3.90. The third-order valence-electron chi connectivity index (χ3n) is 3.82. The molecule has 0 spiro atoms. The van der Waals surface area contributed by atoms with Gasteiger partial charge in [-0.25, -0.2) is 17.6 Å². The summed E-state index contributed by atoms with van der Waals surface area (Å²) in [5, 5.41) is 8.96. The molecule has 1 aliphatic heterocycles. The highest BCUT2D eigenvalue weighted by Gasteiger charge is 2.32. The Morgan fingerprint density at radius 3 is 2.46 bits per heavy atom. The summed E-state index contributed by atoms with van der Waals surface area (Å²) < 4.78 is 44.8. The lowest BCUT2D eigenvalue weighted by atomic mass is 9.99. The van der Waals surface area contributed by atoms with Gasteiger partial charge in [-0.3, -0.25) is 4.79 Å². The highest BCUT2D eigenvalue weighted by Crippen LogP contribution is 2.25. The monoisotopic (exact) mass is 359 g/mol. The number of rotatable bonds is 5. The minimum Gasteiger partial charge on any atom is -0.481 e. The molecule has 0 unspecified atom stereocenters. The molecule has 1 aromatic carbocycles. The van der Waals surface area contributed by atoms with Crippen molar-refractivity contribution in [3.8, 4) is 0 Å². The predicted octanol–water partition coefficient (Wildman–Crippen LogP) is 1.49. The summed E-state index contributed by atoms with van der Waals surface area (Å²) in [6, 6.07) is 2.81. The van der Waals surface area contributed by atoms with Gasteiger partial charge >= 0.3 is 11.9 Å². The van der Waals surface area contributed by atoms with E-state index in [1.165, 1.54) is 0 Å². The molecule has 0 saturated carbocycles. The zero-order valence-corrected chi connectivity index (χ0v) is 13.9. The summed E-state index contributed by atoms with van der Waals surface area (Å²) in [4.78, 5) is 22.3. The van der Waals surface area contributed by atoms with Gasteiger partial charge in [-0.15, -0.1) is 0 Å². The van der Waals surface area contributed by atoms with E-state index >= 15 is 0 Å². The first kappa shape index (κ1) is 18.3. The number of carboxylic acid groups (broad SMARTS) is 1. The Morgan fingerprint density at radius 1 is 1.29 bits per heavy atom. The smallest absolute Gasteiger partial charge is 0.338 e. The number of benzene rings is 1. The van der Waals surface area contributed by atoms with Crippen molar-refractivity contribution >= 4 is 22.0 Å². The van der Waals surface area contributed by atoms with Crippen LogP contribution >= 0.6 is 0 Å². The predicted molar refractivity (Wildman–Crippen MR) is 81.5 cm³/mol. The van der Waals surface area contributed by atoms with E-state index in [9.17, 15) is 22.4 Å². The average Bonchev–Trinajstić information content (AvgIpc) is 2.54. The van der Waals surface area contributed by atoms with Crippen molar-refractivity contribution in [1.29, 1.82) is 0 Å². The Morgan fingerprint density at radius 2 is 1.92 bits per heavy atom. The second kappa shape index (κ2) is 7.27. The van der Waals surface area contributed by atoms with Crippen LogP contribution in [0.3, 0.4) is 0 Å². The van der Waals surface area contributed by atoms with Gasteiger partial charge in [0.1, 0.15) is 5.82 Å². The lowest BCUT2D eigenvalue weighted by Crippen LogP contribution is -2.40. The van der Waals surface area contributed by atoms with Crippen LogP contribution in [0.2, 0.25) is 0 Å². The summed E-state index contributed by atoms with van der Waals surface area (Å²) >= 11 is 0. The molecule has 1 N–H and O–H groups in total. The van der Waals surface area contributed by atoms with Gasteiger partial charge in [0.15, 0.2) is 0 Å². The topological polar surface area (TPSA) is 101 Å². The van der Waals surface area contributed by atoms with Crippen LogP contribution < -0.4 is 0 Å². The first-order valence-electron chi connectivity index (χ1n) is 7.46. The van der Waals surface area contributed by atoms with Gasteiger partial charge in [0.25, 0.3) is 0 Å². The lowest BCUT2D eigenvalue weighted by Gasteiger charge is -2.29. The number of esters is 1. The summed E-state index contributed by atoms with van der Waals surface area (Å²) in [6.07, 6.45) is 0.378. The van der Waals surface area contributed by atoms with E-state index in [1.807, 2.05) is 0 Å². The quantitative estimate of drug-likeness (QED) is 0.800. The fourth-order valence-electron chi connectivity index (χ4n) is 2.54. The molecular weight excluding hydrogens is 341 g/mol. The number of sulfonamides is 1. The van der Waals surface area contributed by atoms with E-state index in [0.717, 1.165) is 22.5 Å². The van der Waals surface area contributed by atoms with Crippen LogP contribution in [0, 0.1) is 11.7 Å². The van der Waals surface area contributed by atoms with E-state index in [2.05, 4.69) is 0 Å². The van der Waals surface area contributed by atoms with Gasteiger partial charge in [0, 0.05) is 13.1 Å². The first-order chi connectivity index (χ1) is 11.3. The average molecular weight is 359 g/mol. The molecule has 24 heavy (non-hydrogen) atoms. The molecule has 9 heteroatoms. The zero-order valence-electron chi connectivity index (χ0n) is 13.1. The maximum Gasteiger partial charge on any atom is 0.338 e. The maximum atomic E-state index is 13.7. The van der Waals surface area contributed by atoms with Crippen LogP contribution in [-0.4, -0.2) is 49.5 Å². The Labute approximate surface area is 139 Å². The van der Waals surface area contributed by atoms with Crippen molar-refractivity contribution in [2.75, 3.05) is 19.7 Å². The largest absolute Gasteiger partial charge is 0.481 e. The fourth-order valence-corrected chi connectivity index (χ4v) is 4.06. The van der Waals surface area contributed by atoms with Gasteiger partial charge in [-0.05, 0) is 38.0 Å². The van der Waals surface area contributed by atoms with E-state index in [0.29, 0.717) is 0 Å². The molecule has 1 aromatic rings. The second-order valence-electron chi connectivity index (χ2n) is 5.41. The van der Waals surface area contributed by atoms with Crippen LogP contribution in [0.15, 0.2) is 23.1 Å². The van der Waals surface area contributed by atoms with E-state index in [1.54, 1.807) is 6.92 Å². The molecule has 2 rings (SSSR count). The maximum absolute atomic E-state index is 13.7. The van der Waals surface area contributed by atoms with Crippen molar-refractivity contribution in [1.82, 2.24) is 4.31 Å². The Kier molecular flexibility index (Phi) is 5.55. The van der Waals surface area contributed by atoms with Crippen molar-refractivity contribution in [2.24, 2.45) is 5.92 Å². The number of carbonyl (C=O) groups is 2. The summed E-state index contributed by atoms with van der Waals surface area (Å²) in [5.74, 6) is -3.21. The van der Waals surface area contributed by atoms with Crippen LogP contribution in [0.5, 0.6) is 0 Å². The van der Waals surface area contributed by atoms with E-state index in [-0.39, 0.29) is 43.0 Å². The van der Waals surface area contributed by atoms with Crippen molar-refractivity contribution in [3.05, 3.63) is 29.6 Å². The molecule has 1 fully saturated rings. The second-order valence-corrected chi connectivity index (χ2v) is 7.35. The van der Waals surface area contributed by atoms with Crippen LogP contribution in [0.4, 0.5) is 4.39 Å². The number of carbonyl (C=O) groups excluding carboxylic acids is 1. The minimum absolute atomic E-state index is 0.0323. The van der Waals surface area contributed by atoms with Crippen LogP contribution in [-0.2, 0) is 19.6 Å². The van der Waals surface area contributed by atoms with Gasteiger partial charge in [-0.2, -0.15) is 4.31 Å². The Balaban J connectivity index is 2.26. The van der Waals surface area contributed by atoms with Gasteiger partial charge in [0.2, 0.25) is 10.0 Å². The zero-order chi connectivity index (χ0) is 17.9. The molecule has 0 amide bonds. The number of carboxylic acids is 1. The third-order valence-corrected chi connectivity index (χ3v) is 5.70. The number of ether oxygens (including phenoxy) is 1. The normalized spacial score (nSPS) is 16.8. The van der Waals surface area contributed by atoms with Crippen molar-refractivity contribution in [2.45, 2.75) is 24.7 Å². The summed E-state index contributed by atoms with van der Waals surface area (Å²) in [5.41, 5.74) is -0.184. The number of hydrogen-bond acceptors (Lipinski definition) is 5. The van der Waals surface area contributed by atoms with Crippen molar-refractivity contribution < 1.29 is 32.2 Å². The molecule has 0 radical (unpaired) electrons. The molecule has 7 nitrogen and oxygen atoms in total. The number of halogens is 1. The Bertz CT molecular complexity index is 740. The van der Waals surface area contributed by atoms with E-state index < -0.39 is 33.7 Å². The molecule has 0 bridgehead atoms. The molecule has 132 valence electrons. The Hall–Kier alpha value is -2.00. The summed E-state index contributed by atoms with van der Waals surface area (Å²) in [6.45, 7) is 1.73. The number of nitrogens with zero attached hydrogens (tertiary/aromatic N) is 1. The number of hydrogen-bond donors (Lipinski definition) is 1. The molecule has 0 atom stereocenters. The van der Waals surface area contributed by atoms with Gasteiger partial charge in [0.05, 0.1) is 23.0 Å². The van der Waals surface area contributed by atoms with Crippen LogP contribution in [0.1, 0.15) is 30.1 Å². The molecular formula is C15H18FNO6S. The fraction of sp³-hybridized carbons (Fsp3) is 0.467. The number of aliphatic carboxylic acids is 1. The summed E-state index contributed by atoms with van der Waals surface area (Å²) in [7, 11) is -4.01. The highest BCUT2D eigenvalue weighted by molar-refractivity contribution is 7.89. The minimum atomic E-state index is -4.01. The first-order valence-corrected chi connectivity index (χ1v) is 8.90. The highest BCUT2D eigenvalue weighted by atomic mass is 32.2.